The fraction of sp³-hybridized carbons (Fsp3) is 0.391. The first-order valence-electron chi connectivity index (χ1n) is 10.3. The minimum Gasteiger partial charge on any atom is -0.462 e. The van der Waals surface area contributed by atoms with E-state index in [1.807, 2.05) is 0 Å². The molecule has 4 rings (SSSR count). The molecule has 0 saturated carbocycles. The number of hydrogen-bond donors (Lipinski definition) is 0. The minimum absolute atomic E-state index is 0.0911. The molecule has 1 unspecified atom stereocenters. The number of anilines is 2. The number of alkyl halides is 2. The smallest absolute Gasteiger partial charge is 0.340 e. The lowest BCUT2D eigenvalue weighted by Crippen LogP contribution is -2.31. The highest BCUT2D eigenvalue weighted by Crippen LogP contribution is 2.46. The van der Waals surface area contributed by atoms with Crippen LogP contribution in [0.3, 0.4) is 0 Å². The molecule has 0 aliphatic carbocycles. The van der Waals surface area contributed by atoms with Gasteiger partial charge in [0.15, 0.2) is 0 Å². The molecule has 170 valence electrons. The van der Waals surface area contributed by atoms with E-state index in [2.05, 4.69) is 0 Å². The Morgan fingerprint density at radius 2 is 1.94 bits per heavy atom. The number of carbonyl (C=O) groups excluding carboxylic acids is 2. The van der Waals surface area contributed by atoms with Gasteiger partial charge in [0.2, 0.25) is 5.91 Å². The average molecular weight is 465 g/mol. The fourth-order valence-electron chi connectivity index (χ4n) is 4.22. The van der Waals surface area contributed by atoms with Crippen molar-refractivity contribution in [3.05, 3.63) is 58.9 Å². The Hall–Kier alpha value is -2.68. The third-order valence-electron chi connectivity index (χ3n) is 5.67. The monoisotopic (exact) mass is 464 g/mol. The van der Waals surface area contributed by atoms with Gasteiger partial charge in [0.05, 0.1) is 35.8 Å². The Kier molecular flexibility index (Phi) is 6.11. The van der Waals surface area contributed by atoms with Crippen molar-refractivity contribution in [2.75, 3.05) is 35.2 Å². The molecule has 2 saturated heterocycles. The van der Waals surface area contributed by atoms with E-state index in [0.29, 0.717) is 16.9 Å². The quantitative estimate of drug-likeness (QED) is 0.587. The van der Waals surface area contributed by atoms with Gasteiger partial charge in [-0.1, -0.05) is 12.1 Å². The molecule has 2 aromatic rings. The van der Waals surface area contributed by atoms with Crippen molar-refractivity contribution in [3.63, 3.8) is 0 Å². The number of esters is 1. The maximum Gasteiger partial charge on any atom is 0.340 e. The second-order valence-electron chi connectivity index (χ2n) is 7.83. The lowest BCUT2D eigenvalue weighted by Gasteiger charge is -2.30. The van der Waals surface area contributed by atoms with Crippen LogP contribution < -0.4 is 9.80 Å². The van der Waals surface area contributed by atoms with Crippen molar-refractivity contribution < 1.29 is 27.5 Å². The second kappa shape index (κ2) is 8.69. The highest BCUT2D eigenvalue weighted by molar-refractivity contribution is 8.00. The number of thioether (sulfide) groups is 1. The maximum atomic E-state index is 14.0. The van der Waals surface area contributed by atoms with Crippen LogP contribution in [0.4, 0.5) is 24.5 Å². The van der Waals surface area contributed by atoms with Gasteiger partial charge in [0.25, 0.3) is 5.92 Å². The molecule has 0 bridgehead atoms. The van der Waals surface area contributed by atoms with Crippen LogP contribution in [0.5, 0.6) is 0 Å². The number of nitrogens with zero attached hydrogens (tertiary/aromatic N) is 2. The molecule has 2 heterocycles. The number of benzene rings is 2. The van der Waals surface area contributed by atoms with Crippen LogP contribution in [0.2, 0.25) is 0 Å². The van der Waals surface area contributed by atoms with Crippen molar-refractivity contribution in [1.82, 2.24) is 0 Å². The molecule has 1 atom stereocenters. The molecule has 9 heteroatoms. The zero-order valence-corrected chi connectivity index (χ0v) is 18.6. The van der Waals surface area contributed by atoms with Gasteiger partial charge in [-0.25, -0.2) is 18.0 Å². The zero-order chi connectivity index (χ0) is 23.0. The van der Waals surface area contributed by atoms with E-state index in [9.17, 15) is 22.8 Å². The zero-order valence-electron chi connectivity index (χ0n) is 17.7. The predicted molar refractivity (Wildman–Crippen MR) is 118 cm³/mol. The highest BCUT2D eigenvalue weighted by atomic mass is 32.2. The summed E-state index contributed by atoms with van der Waals surface area (Å²) >= 11 is 1.41. The van der Waals surface area contributed by atoms with Crippen LogP contribution in [-0.2, 0) is 9.53 Å². The predicted octanol–water partition coefficient (Wildman–Crippen LogP) is 4.93. The summed E-state index contributed by atoms with van der Waals surface area (Å²) in [7, 11) is 0. The number of carbonyl (C=O) groups is 2. The van der Waals surface area contributed by atoms with Crippen molar-refractivity contribution in [2.45, 2.75) is 31.6 Å². The van der Waals surface area contributed by atoms with E-state index in [-0.39, 0.29) is 48.0 Å². The van der Waals surface area contributed by atoms with Crippen LogP contribution in [0, 0.1) is 12.7 Å². The summed E-state index contributed by atoms with van der Waals surface area (Å²) in [6.45, 7) is 3.14. The summed E-state index contributed by atoms with van der Waals surface area (Å²) < 4.78 is 46.6. The van der Waals surface area contributed by atoms with Crippen molar-refractivity contribution in [2.24, 2.45) is 0 Å². The molecule has 32 heavy (non-hydrogen) atoms. The van der Waals surface area contributed by atoms with Gasteiger partial charge in [-0.3, -0.25) is 9.69 Å². The molecule has 2 aliphatic heterocycles. The summed E-state index contributed by atoms with van der Waals surface area (Å²) in [5.74, 6) is -3.73. The summed E-state index contributed by atoms with van der Waals surface area (Å²) in [5.41, 5.74) is 2.40. The van der Waals surface area contributed by atoms with Gasteiger partial charge in [0.1, 0.15) is 11.2 Å². The molecule has 5 nitrogen and oxygen atoms in total. The fourth-order valence-corrected chi connectivity index (χ4v) is 5.39. The molecule has 1 amide bonds. The van der Waals surface area contributed by atoms with E-state index in [0.717, 1.165) is 5.56 Å². The van der Waals surface area contributed by atoms with E-state index >= 15 is 0 Å². The van der Waals surface area contributed by atoms with Gasteiger partial charge < -0.3 is 9.64 Å². The van der Waals surface area contributed by atoms with Crippen LogP contribution in [0.15, 0.2) is 36.4 Å². The van der Waals surface area contributed by atoms with Crippen LogP contribution in [0.25, 0.3) is 0 Å². The highest BCUT2D eigenvalue weighted by Gasteiger charge is 2.41. The first kappa shape index (κ1) is 22.5. The van der Waals surface area contributed by atoms with Gasteiger partial charge in [-0.05, 0) is 49.2 Å². The normalized spacial score (nSPS) is 20.2. The van der Waals surface area contributed by atoms with Gasteiger partial charge in [0, 0.05) is 13.0 Å². The summed E-state index contributed by atoms with van der Waals surface area (Å²) in [4.78, 5) is 28.5. The molecule has 0 radical (unpaired) electrons. The average Bonchev–Trinajstić information content (AvgIpc) is 3.30. The first-order valence-corrected chi connectivity index (χ1v) is 11.4. The molecular weight excluding hydrogens is 441 g/mol. The lowest BCUT2D eigenvalue weighted by atomic mass is 10.0. The van der Waals surface area contributed by atoms with Crippen LogP contribution in [-0.4, -0.2) is 43.2 Å². The lowest BCUT2D eigenvalue weighted by molar-refractivity contribution is -0.115. The van der Waals surface area contributed by atoms with Crippen molar-refractivity contribution >= 4 is 35.0 Å². The van der Waals surface area contributed by atoms with Crippen LogP contribution in [0.1, 0.15) is 40.2 Å². The minimum atomic E-state index is -2.86. The number of ether oxygens (including phenoxy) is 1. The number of amides is 1. The SMILES string of the molecule is CCOC(=O)c1ccc(N2C(=O)CSC2c2ccc(F)cc2)c(C)c1N1CCC(F)(F)C1. The van der Waals surface area contributed by atoms with Gasteiger partial charge >= 0.3 is 5.97 Å². The standard InChI is InChI=1S/C23H23F3N2O3S/c1-3-31-22(30)17-8-9-18(14(2)20(17)27-11-10-23(25,26)13-27)28-19(29)12-32-21(28)15-4-6-16(24)7-5-15/h4-9,21H,3,10-13H2,1-2H3. The number of rotatable bonds is 5. The second-order valence-corrected chi connectivity index (χ2v) is 8.90. The Morgan fingerprint density at radius 1 is 1.22 bits per heavy atom. The maximum absolute atomic E-state index is 14.0. The summed E-state index contributed by atoms with van der Waals surface area (Å²) in [5, 5.41) is -0.386. The summed E-state index contributed by atoms with van der Waals surface area (Å²) in [6, 6.07) is 9.12. The molecule has 2 aliphatic rings. The first-order chi connectivity index (χ1) is 15.2. The topological polar surface area (TPSA) is 49.9 Å². The molecule has 0 N–H and O–H groups in total. The number of halogens is 3. The van der Waals surface area contributed by atoms with E-state index < -0.39 is 18.4 Å². The molecule has 2 aromatic carbocycles. The molecule has 2 fully saturated rings. The van der Waals surface area contributed by atoms with Crippen molar-refractivity contribution in [1.29, 1.82) is 0 Å². The number of hydrogen-bond acceptors (Lipinski definition) is 5. The Labute approximate surface area is 188 Å². The molecular formula is C23H23F3N2O3S. The van der Waals surface area contributed by atoms with Gasteiger partial charge in [-0.2, -0.15) is 0 Å². The molecule has 0 aromatic heterocycles. The van der Waals surface area contributed by atoms with E-state index in [1.54, 1.807) is 36.9 Å². The Bertz CT molecular complexity index is 1050. The van der Waals surface area contributed by atoms with Gasteiger partial charge in [-0.15, -0.1) is 11.8 Å². The Morgan fingerprint density at radius 3 is 2.56 bits per heavy atom. The van der Waals surface area contributed by atoms with Crippen molar-refractivity contribution in [3.8, 4) is 0 Å². The third-order valence-corrected chi connectivity index (χ3v) is 6.88. The Balaban J connectivity index is 1.80. The van der Waals surface area contributed by atoms with E-state index in [1.165, 1.54) is 34.9 Å². The summed E-state index contributed by atoms with van der Waals surface area (Å²) in [6.07, 6.45) is -0.310. The largest absolute Gasteiger partial charge is 0.462 e. The van der Waals surface area contributed by atoms with Crippen LogP contribution >= 0.6 is 11.8 Å². The third kappa shape index (κ3) is 4.18. The van der Waals surface area contributed by atoms with E-state index in [4.69, 9.17) is 4.74 Å². The molecule has 0 spiro atoms.